The monoisotopic (exact) mass is 381 g/mol. The summed E-state index contributed by atoms with van der Waals surface area (Å²) in [4.78, 5) is 23.9. The van der Waals surface area contributed by atoms with E-state index in [1.54, 1.807) is 24.3 Å². The molecule has 0 bridgehead atoms. The van der Waals surface area contributed by atoms with Gasteiger partial charge in [0.05, 0.1) is 12.8 Å². The fourth-order valence-corrected chi connectivity index (χ4v) is 2.31. The van der Waals surface area contributed by atoms with E-state index in [1.807, 2.05) is 0 Å². The van der Waals surface area contributed by atoms with Crippen LogP contribution < -0.4 is 10.1 Å². The highest BCUT2D eigenvalue weighted by Gasteiger charge is 2.21. The lowest BCUT2D eigenvalue weighted by Crippen LogP contribution is -2.30. The largest absolute Gasteiger partial charge is 0.496 e. The van der Waals surface area contributed by atoms with E-state index in [0.29, 0.717) is 18.2 Å². The van der Waals surface area contributed by atoms with Crippen LogP contribution in [0.3, 0.4) is 0 Å². The molecular formula is C19H18F3NO4. The van der Waals surface area contributed by atoms with Crippen molar-refractivity contribution >= 4 is 17.6 Å². The van der Waals surface area contributed by atoms with Crippen molar-refractivity contribution in [1.82, 2.24) is 0 Å². The maximum atomic E-state index is 13.6. The Labute approximate surface area is 154 Å². The number of amides is 1. The second kappa shape index (κ2) is 9.07. The van der Waals surface area contributed by atoms with Gasteiger partial charge in [-0.05, 0) is 37.1 Å². The lowest BCUT2D eigenvalue weighted by atomic mass is 10.1. The van der Waals surface area contributed by atoms with Crippen molar-refractivity contribution in [3.05, 3.63) is 59.4 Å². The van der Waals surface area contributed by atoms with Crippen LogP contribution in [0.2, 0.25) is 0 Å². The number of hydrogen-bond acceptors (Lipinski definition) is 4. The van der Waals surface area contributed by atoms with Crippen LogP contribution in [-0.2, 0) is 20.7 Å². The van der Waals surface area contributed by atoms with Gasteiger partial charge >= 0.3 is 5.97 Å². The van der Waals surface area contributed by atoms with E-state index in [4.69, 9.17) is 9.47 Å². The smallest absolute Gasteiger partial charge is 0.306 e. The molecule has 2 aromatic rings. The zero-order chi connectivity index (χ0) is 20.0. The maximum absolute atomic E-state index is 13.6. The van der Waals surface area contributed by atoms with Crippen LogP contribution in [-0.4, -0.2) is 25.1 Å². The molecule has 0 aliphatic heterocycles. The molecule has 0 saturated heterocycles. The van der Waals surface area contributed by atoms with E-state index >= 15 is 0 Å². The van der Waals surface area contributed by atoms with E-state index in [2.05, 4.69) is 5.32 Å². The molecule has 0 aromatic heterocycles. The molecule has 27 heavy (non-hydrogen) atoms. The third-order valence-corrected chi connectivity index (χ3v) is 3.76. The predicted octanol–water partition coefficient (Wildman–Crippen LogP) is 3.62. The summed E-state index contributed by atoms with van der Waals surface area (Å²) in [5.41, 5.74) is 0.258. The molecule has 5 nitrogen and oxygen atoms in total. The summed E-state index contributed by atoms with van der Waals surface area (Å²) in [5, 5.41) is 2.06. The molecule has 0 heterocycles. The third kappa shape index (κ3) is 5.22. The topological polar surface area (TPSA) is 64.6 Å². The number of benzene rings is 2. The number of hydrogen-bond donors (Lipinski definition) is 1. The molecule has 0 radical (unpaired) electrons. The molecular weight excluding hydrogens is 363 g/mol. The van der Waals surface area contributed by atoms with Gasteiger partial charge in [0.25, 0.3) is 5.91 Å². The molecule has 0 unspecified atom stereocenters. The van der Waals surface area contributed by atoms with Crippen LogP contribution in [0.5, 0.6) is 5.75 Å². The summed E-state index contributed by atoms with van der Waals surface area (Å²) in [6.07, 6.45) is -0.908. The summed E-state index contributed by atoms with van der Waals surface area (Å²) in [7, 11) is 1.51. The summed E-state index contributed by atoms with van der Waals surface area (Å²) >= 11 is 0. The number of esters is 1. The molecule has 2 aromatic carbocycles. The van der Waals surface area contributed by atoms with Gasteiger partial charge in [-0.2, -0.15) is 0 Å². The number of aryl methyl sites for hydroxylation is 1. The Bertz CT molecular complexity index is 842. The molecule has 0 aliphatic carbocycles. The molecule has 1 atom stereocenters. The SMILES string of the molecule is COc1ccccc1CCC(=O)O[C@H](C)C(=O)Nc1ccc(F)c(F)c1F. The van der Waals surface area contributed by atoms with Crippen molar-refractivity contribution in [1.29, 1.82) is 0 Å². The van der Waals surface area contributed by atoms with Gasteiger partial charge in [0.2, 0.25) is 0 Å². The molecule has 144 valence electrons. The fourth-order valence-electron chi connectivity index (χ4n) is 2.31. The number of para-hydroxylation sites is 1. The van der Waals surface area contributed by atoms with Crippen LogP contribution in [0.4, 0.5) is 18.9 Å². The predicted molar refractivity (Wildman–Crippen MR) is 91.8 cm³/mol. The van der Waals surface area contributed by atoms with Gasteiger partial charge in [-0.1, -0.05) is 18.2 Å². The number of carbonyl (C=O) groups excluding carboxylic acids is 2. The number of rotatable bonds is 7. The number of halogens is 3. The van der Waals surface area contributed by atoms with Gasteiger partial charge in [0.15, 0.2) is 23.6 Å². The zero-order valence-electron chi connectivity index (χ0n) is 14.7. The number of carbonyl (C=O) groups is 2. The van der Waals surface area contributed by atoms with Crippen LogP contribution in [0.25, 0.3) is 0 Å². The standard InChI is InChI=1S/C19H18F3NO4/c1-11(19(25)23-14-9-8-13(20)17(21)18(14)22)27-16(24)10-7-12-5-3-4-6-15(12)26-2/h3-6,8-9,11H,7,10H2,1-2H3,(H,23,25)/t11-/m1/s1. The third-order valence-electron chi connectivity index (χ3n) is 3.76. The first-order chi connectivity index (χ1) is 12.8. The molecule has 1 amide bonds. The molecule has 0 aliphatic rings. The second-order valence-electron chi connectivity index (χ2n) is 5.66. The first-order valence-corrected chi connectivity index (χ1v) is 8.09. The van der Waals surface area contributed by atoms with Gasteiger partial charge in [0, 0.05) is 6.42 Å². The first-order valence-electron chi connectivity index (χ1n) is 8.09. The van der Waals surface area contributed by atoms with Crippen molar-refractivity contribution < 1.29 is 32.2 Å². The van der Waals surface area contributed by atoms with Gasteiger partial charge < -0.3 is 14.8 Å². The molecule has 8 heteroatoms. The highest BCUT2D eigenvalue weighted by molar-refractivity contribution is 5.95. The molecule has 2 rings (SSSR count). The van der Waals surface area contributed by atoms with Crippen molar-refractivity contribution in [2.24, 2.45) is 0 Å². The van der Waals surface area contributed by atoms with Gasteiger partial charge in [-0.3, -0.25) is 9.59 Å². The minimum atomic E-state index is -1.70. The highest BCUT2D eigenvalue weighted by Crippen LogP contribution is 2.21. The van der Waals surface area contributed by atoms with Crippen molar-refractivity contribution in [2.75, 3.05) is 12.4 Å². The highest BCUT2D eigenvalue weighted by atomic mass is 19.2. The summed E-state index contributed by atoms with van der Waals surface area (Å²) in [5.74, 6) is -5.49. The van der Waals surface area contributed by atoms with Gasteiger partial charge in [-0.15, -0.1) is 0 Å². The van der Waals surface area contributed by atoms with Gasteiger partial charge in [-0.25, -0.2) is 13.2 Å². The fraction of sp³-hybridized carbons (Fsp3) is 0.263. The van der Waals surface area contributed by atoms with Crippen LogP contribution in [0.1, 0.15) is 18.9 Å². The average molecular weight is 381 g/mol. The number of ether oxygens (including phenoxy) is 2. The quantitative estimate of drug-likeness (QED) is 0.588. The lowest BCUT2D eigenvalue weighted by molar-refractivity contribution is -0.153. The average Bonchev–Trinajstić information content (AvgIpc) is 2.66. The zero-order valence-corrected chi connectivity index (χ0v) is 14.7. The molecule has 0 fully saturated rings. The molecule has 1 N–H and O–H groups in total. The van der Waals surface area contributed by atoms with Crippen molar-refractivity contribution in [3.8, 4) is 5.75 Å². The summed E-state index contributed by atoms with van der Waals surface area (Å²) < 4.78 is 49.8. The lowest BCUT2D eigenvalue weighted by Gasteiger charge is -2.14. The van der Waals surface area contributed by atoms with Crippen LogP contribution in [0, 0.1) is 17.5 Å². The summed E-state index contributed by atoms with van der Waals surface area (Å²) in [6, 6.07) is 8.71. The van der Waals surface area contributed by atoms with Crippen LogP contribution in [0.15, 0.2) is 36.4 Å². The summed E-state index contributed by atoms with van der Waals surface area (Å²) in [6.45, 7) is 1.29. The van der Waals surface area contributed by atoms with E-state index in [0.717, 1.165) is 11.6 Å². The van der Waals surface area contributed by atoms with E-state index < -0.39 is 41.1 Å². The Kier molecular flexibility index (Phi) is 6.81. The van der Waals surface area contributed by atoms with Crippen LogP contribution >= 0.6 is 0 Å². The molecule has 0 saturated carbocycles. The minimum Gasteiger partial charge on any atom is -0.496 e. The minimum absolute atomic E-state index is 0.00245. The van der Waals surface area contributed by atoms with Gasteiger partial charge in [0.1, 0.15) is 5.75 Å². The first kappa shape index (κ1) is 20.3. The van der Waals surface area contributed by atoms with Crippen molar-refractivity contribution in [2.45, 2.75) is 25.9 Å². The number of nitrogens with one attached hydrogen (secondary N) is 1. The number of methoxy groups -OCH3 is 1. The number of anilines is 1. The van der Waals surface area contributed by atoms with E-state index in [1.165, 1.54) is 14.0 Å². The Hall–Kier alpha value is -3.03. The Morgan fingerprint density at radius 2 is 1.78 bits per heavy atom. The van der Waals surface area contributed by atoms with E-state index in [9.17, 15) is 22.8 Å². The second-order valence-corrected chi connectivity index (χ2v) is 5.66. The molecule has 0 spiro atoms. The normalized spacial score (nSPS) is 11.6. The Balaban J connectivity index is 1.90. The Morgan fingerprint density at radius 1 is 1.07 bits per heavy atom. The van der Waals surface area contributed by atoms with E-state index in [-0.39, 0.29) is 6.42 Å². The Morgan fingerprint density at radius 3 is 2.48 bits per heavy atom. The maximum Gasteiger partial charge on any atom is 0.306 e. The van der Waals surface area contributed by atoms with Crippen molar-refractivity contribution in [3.63, 3.8) is 0 Å².